The fraction of sp³-hybridized carbons (Fsp3) is 0.800. The molecule has 1 unspecified atom stereocenters. The fourth-order valence-electron chi connectivity index (χ4n) is 1.01. The van der Waals surface area contributed by atoms with E-state index in [9.17, 15) is 9.59 Å². The summed E-state index contributed by atoms with van der Waals surface area (Å²) in [6.45, 7) is 3.61. The molecule has 0 saturated heterocycles. The van der Waals surface area contributed by atoms with Gasteiger partial charge in [0.05, 0.1) is 6.61 Å². The van der Waals surface area contributed by atoms with Crippen LogP contribution in [0.25, 0.3) is 0 Å². The summed E-state index contributed by atoms with van der Waals surface area (Å²) >= 11 is 0. The van der Waals surface area contributed by atoms with Crippen LogP contribution in [0.15, 0.2) is 0 Å². The molecule has 14 heavy (non-hydrogen) atoms. The zero-order valence-electron chi connectivity index (χ0n) is 8.78. The van der Waals surface area contributed by atoms with Crippen LogP contribution in [0.1, 0.15) is 39.5 Å². The van der Waals surface area contributed by atoms with Crippen LogP contribution in [-0.4, -0.2) is 29.6 Å². The highest BCUT2D eigenvalue weighted by Crippen LogP contribution is 2.03. The molecule has 0 amide bonds. The number of carbonyl (C=O) groups excluding carboxylic acids is 2. The Kier molecular flexibility index (Phi) is 7.02. The second kappa shape index (κ2) is 7.50. The first-order chi connectivity index (χ1) is 6.57. The quantitative estimate of drug-likeness (QED) is 0.495. The molecular formula is C10H18O4. The van der Waals surface area contributed by atoms with Gasteiger partial charge in [-0.2, -0.15) is 0 Å². The van der Waals surface area contributed by atoms with Crippen molar-refractivity contribution < 1.29 is 19.4 Å². The molecule has 1 atom stereocenters. The highest BCUT2D eigenvalue weighted by atomic mass is 16.5. The van der Waals surface area contributed by atoms with Crippen LogP contribution in [-0.2, 0) is 14.3 Å². The van der Waals surface area contributed by atoms with E-state index in [1.165, 1.54) is 6.92 Å². The normalized spacial score (nSPS) is 12.2. The van der Waals surface area contributed by atoms with Crippen molar-refractivity contribution in [2.45, 2.75) is 45.6 Å². The van der Waals surface area contributed by atoms with E-state index in [4.69, 9.17) is 9.84 Å². The summed E-state index contributed by atoms with van der Waals surface area (Å²) in [4.78, 5) is 21.8. The minimum atomic E-state index is -0.891. The minimum absolute atomic E-state index is 0.172. The summed E-state index contributed by atoms with van der Waals surface area (Å²) in [7, 11) is 0. The molecule has 0 aliphatic carbocycles. The zero-order chi connectivity index (χ0) is 11.0. The molecule has 0 spiro atoms. The third-order valence-corrected chi connectivity index (χ3v) is 1.83. The molecule has 0 rings (SSSR count). The van der Waals surface area contributed by atoms with E-state index >= 15 is 0 Å². The van der Waals surface area contributed by atoms with E-state index in [0.717, 1.165) is 0 Å². The minimum Gasteiger partial charge on any atom is -0.466 e. The Balaban J connectivity index is 3.38. The molecule has 0 saturated carbocycles. The van der Waals surface area contributed by atoms with Gasteiger partial charge in [0.15, 0.2) is 5.78 Å². The lowest BCUT2D eigenvalue weighted by Gasteiger charge is -2.03. The molecule has 0 heterocycles. The van der Waals surface area contributed by atoms with Crippen molar-refractivity contribution in [2.75, 3.05) is 6.61 Å². The zero-order valence-corrected chi connectivity index (χ0v) is 8.78. The van der Waals surface area contributed by atoms with Gasteiger partial charge < -0.3 is 9.84 Å². The predicted molar refractivity (Wildman–Crippen MR) is 51.8 cm³/mol. The number of unbranched alkanes of at least 4 members (excludes halogenated alkanes) is 1. The molecule has 0 aromatic carbocycles. The van der Waals surface area contributed by atoms with Gasteiger partial charge in [0.25, 0.3) is 0 Å². The van der Waals surface area contributed by atoms with Gasteiger partial charge in [0.2, 0.25) is 0 Å². The Bertz CT molecular complexity index is 187. The molecule has 0 bridgehead atoms. The second-order valence-corrected chi connectivity index (χ2v) is 3.15. The number of rotatable bonds is 7. The maximum absolute atomic E-state index is 10.9. The van der Waals surface area contributed by atoms with E-state index in [1.807, 2.05) is 0 Å². The Morgan fingerprint density at radius 2 is 1.86 bits per heavy atom. The monoisotopic (exact) mass is 202 g/mol. The number of Topliss-reactive ketones (excluding diaryl/α,β-unsaturated/α-hetero) is 1. The number of aliphatic hydroxyl groups is 1. The first-order valence-corrected chi connectivity index (χ1v) is 4.94. The molecule has 0 aliphatic rings. The Labute approximate surface area is 84.3 Å². The SMILES string of the molecule is CCOC(=O)CCCCC(=O)C(C)O. The lowest BCUT2D eigenvalue weighted by atomic mass is 10.1. The van der Waals surface area contributed by atoms with Gasteiger partial charge in [-0.1, -0.05) is 0 Å². The van der Waals surface area contributed by atoms with Crippen LogP contribution in [0.3, 0.4) is 0 Å². The van der Waals surface area contributed by atoms with Crippen molar-refractivity contribution >= 4 is 11.8 Å². The first-order valence-electron chi connectivity index (χ1n) is 4.94. The van der Waals surface area contributed by atoms with Gasteiger partial charge in [-0.3, -0.25) is 9.59 Å². The smallest absolute Gasteiger partial charge is 0.305 e. The largest absolute Gasteiger partial charge is 0.466 e. The van der Waals surface area contributed by atoms with E-state index in [2.05, 4.69) is 0 Å². The summed E-state index contributed by atoms with van der Waals surface area (Å²) in [6, 6.07) is 0. The summed E-state index contributed by atoms with van der Waals surface area (Å²) < 4.78 is 4.72. The van der Waals surface area contributed by atoms with E-state index < -0.39 is 6.10 Å². The number of aliphatic hydroxyl groups excluding tert-OH is 1. The molecule has 0 aromatic heterocycles. The number of esters is 1. The molecule has 0 aliphatic heterocycles. The Hall–Kier alpha value is -0.900. The van der Waals surface area contributed by atoms with Gasteiger partial charge in [0, 0.05) is 12.8 Å². The van der Waals surface area contributed by atoms with Gasteiger partial charge in [-0.15, -0.1) is 0 Å². The van der Waals surface area contributed by atoms with Crippen LogP contribution >= 0.6 is 0 Å². The van der Waals surface area contributed by atoms with Crippen LogP contribution in [0.5, 0.6) is 0 Å². The predicted octanol–water partition coefficient (Wildman–Crippen LogP) is 1.06. The highest BCUT2D eigenvalue weighted by Gasteiger charge is 2.08. The van der Waals surface area contributed by atoms with Gasteiger partial charge in [-0.05, 0) is 26.7 Å². The van der Waals surface area contributed by atoms with E-state index in [-0.39, 0.29) is 11.8 Å². The number of carbonyl (C=O) groups is 2. The van der Waals surface area contributed by atoms with Crippen molar-refractivity contribution in [1.82, 2.24) is 0 Å². The lowest BCUT2D eigenvalue weighted by molar-refractivity contribution is -0.143. The van der Waals surface area contributed by atoms with Crippen molar-refractivity contribution in [2.24, 2.45) is 0 Å². The fourth-order valence-corrected chi connectivity index (χ4v) is 1.01. The maximum atomic E-state index is 10.9. The van der Waals surface area contributed by atoms with Crippen molar-refractivity contribution in [1.29, 1.82) is 0 Å². The first kappa shape index (κ1) is 13.1. The maximum Gasteiger partial charge on any atom is 0.305 e. The van der Waals surface area contributed by atoms with Crippen LogP contribution < -0.4 is 0 Å². The number of ketones is 1. The third-order valence-electron chi connectivity index (χ3n) is 1.83. The molecule has 0 radical (unpaired) electrons. The summed E-state index contributed by atoms with van der Waals surface area (Å²) in [5, 5.41) is 8.87. The molecular weight excluding hydrogens is 184 g/mol. The summed E-state index contributed by atoms with van der Waals surface area (Å²) in [5.74, 6) is -0.397. The van der Waals surface area contributed by atoms with E-state index in [1.54, 1.807) is 6.92 Å². The van der Waals surface area contributed by atoms with Crippen molar-refractivity contribution in [3.8, 4) is 0 Å². The number of ether oxygens (including phenoxy) is 1. The van der Waals surface area contributed by atoms with Gasteiger partial charge in [-0.25, -0.2) is 0 Å². The molecule has 0 aromatic rings. The van der Waals surface area contributed by atoms with Crippen molar-refractivity contribution in [3.05, 3.63) is 0 Å². The Morgan fingerprint density at radius 3 is 2.36 bits per heavy atom. The van der Waals surface area contributed by atoms with Crippen LogP contribution in [0.2, 0.25) is 0 Å². The molecule has 4 heteroatoms. The third kappa shape index (κ3) is 6.60. The van der Waals surface area contributed by atoms with Crippen LogP contribution in [0, 0.1) is 0 Å². The van der Waals surface area contributed by atoms with Crippen molar-refractivity contribution in [3.63, 3.8) is 0 Å². The topological polar surface area (TPSA) is 63.6 Å². The molecule has 0 fully saturated rings. The average Bonchev–Trinajstić information content (AvgIpc) is 2.12. The molecule has 4 nitrogen and oxygen atoms in total. The summed E-state index contributed by atoms with van der Waals surface area (Å²) in [5.41, 5.74) is 0. The van der Waals surface area contributed by atoms with Gasteiger partial charge in [0.1, 0.15) is 6.10 Å². The summed E-state index contributed by atoms with van der Waals surface area (Å²) in [6.07, 6.45) is 1.05. The number of hydrogen-bond acceptors (Lipinski definition) is 4. The van der Waals surface area contributed by atoms with E-state index in [0.29, 0.717) is 32.3 Å². The standard InChI is InChI=1S/C10H18O4/c1-3-14-10(13)7-5-4-6-9(12)8(2)11/h8,11H,3-7H2,1-2H3. The van der Waals surface area contributed by atoms with Crippen LogP contribution in [0.4, 0.5) is 0 Å². The second-order valence-electron chi connectivity index (χ2n) is 3.15. The lowest BCUT2D eigenvalue weighted by Crippen LogP contribution is -2.15. The molecule has 1 N–H and O–H groups in total. The van der Waals surface area contributed by atoms with Gasteiger partial charge >= 0.3 is 5.97 Å². The molecule has 82 valence electrons. The number of hydrogen-bond donors (Lipinski definition) is 1. The Morgan fingerprint density at radius 1 is 1.29 bits per heavy atom. The highest BCUT2D eigenvalue weighted by molar-refractivity contribution is 5.82. The average molecular weight is 202 g/mol.